The highest BCUT2D eigenvalue weighted by atomic mass is 16.6. The predicted molar refractivity (Wildman–Crippen MR) is 35.5 cm³/mol. The number of carbonyl (C=O) groups is 1. The monoisotopic (exact) mass is 155 g/mol. The molecule has 0 N–H and O–H groups in total. The highest BCUT2D eigenvalue weighted by molar-refractivity contribution is 5.81. The maximum atomic E-state index is 11.1. The van der Waals surface area contributed by atoms with Gasteiger partial charge in [-0.15, -0.1) is 0 Å². The average Bonchev–Trinajstić information content (AvgIpc) is 1.87. The molecule has 0 atom stereocenters. The predicted octanol–water partition coefficient (Wildman–Crippen LogP) is 0.0897. The molecule has 0 aliphatic carbocycles. The third kappa shape index (κ3) is 1.19. The number of nitrogens with zero attached hydrogens (tertiary/aromatic N) is 1. The molecule has 4 heteroatoms. The molecule has 11 heavy (non-hydrogen) atoms. The third-order valence-corrected chi connectivity index (χ3v) is 1.58. The van der Waals surface area contributed by atoms with Gasteiger partial charge in [0.15, 0.2) is 0 Å². The van der Waals surface area contributed by atoms with Crippen LogP contribution in [0.15, 0.2) is 0 Å². The fraction of sp³-hybridized carbons (Fsp3) is 0.714. The molecule has 1 aliphatic rings. The largest absolute Gasteiger partial charge is 0.465 e. The molecule has 0 bridgehead atoms. The molecule has 60 valence electrons. The Kier molecular flexibility index (Phi) is 2.11. The zero-order valence-corrected chi connectivity index (χ0v) is 6.29. The van der Waals surface area contributed by atoms with Gasteiger partial charge in [0.1, 0.15) is 0 Å². The van der Waals surface area contributed by atoms with Gasteiger partial charge in [0, 0.05) is 0 Å². The summed E-state index contributed by atoms with van der Waals surface area (Å²) in [5.74, 6) is -0.464. The Morgan fingerprint density at radius 3 is 2.73 bits per heavy atom. The molecule has 0 radical (unpaired) electrons. The highest BCUT2D eigenvalue weighted by Crippen LogP contribution is 2.27. The molecule has 0 aromatic carbocycles. The second-order valence-electron chi connectivity index (χ2n) is 2.41. The summed E-state index contributed by atoms with van der Waals surface area (Å²) in [5, 5.41) is 8.60. The number of hydrogen-bond acceptors (Lipinski definition) is 4. The molecular formula is C7H9NO3. The summed E-state index contributed by atoms with van der Waals surface area (Å²) in [6.07, 6.45) is 0. The maximum absolute atomic E-state index is 11.1. The lowest BCUT2D eigenvalue weighted by Gasteiger charge is -2.31. The minimum Gasteiger partial charge on any atom is -0.465 e. The molecule has 0 saturated carbocycles. The van der Waals surface area contributed by atoms with E-state index in [-0.39, 0.29) is 13.2 Å². The first kappa shape index (κ1) is 8.02. The summed E-state index contributed by atoms with van der Waals surface area (Å²) in [5.41, 5.74) is -1.00. The van der Waals surface area contributed by atoms with Gasteiger partial charge in [-0.25, -0.2) is 0 Å². The summed E-state index contributed by atoms with van der Waals surface area (Å²) >= 11 is 0. The molecule has 0 unspecified atom stereocenters. The third-order valence-electron chi connectivity index (χ3n) is 1.58. The van der Waals surface area contributed by atoms with Crippen molar-refractivity contribution in [2.45, 2.75) is 6.92 Å². The lowest BCUT2D eigenvalue weighted by Crippen LogP contribution is -2.48. The molecule has 4 nitrogen and oxygen atoms in total. The van der Waals surface area contributed by atoms with Gasteiger partial charge in [-0.3, -0.25) is 4.79 Å². The van der Waals surface area contributed by atoms with E-state index in [0.717, 1.165) is 0 Å². The average molecular weight is 155 g/mol. The smallest absolute Gasteiger partial charge is 0.331 e. The maximum Gasteiger partial charge on any atom is 0.331 e. The lowest BCUT2D eigenvalue weighted by atomic mass is 9.88. The van der Waals surface area contributed by atoms with Crippen LogP contribution in [-0.4, -0.2) is 25.8 Å². The van der Waals surface area contributed by atoms with Crippen LogP contribution in [0, 0.1) is 16.7 Å². The molecule has 0 spiro atoms. The summed E-state index contributed by atoms with van der Waals surface area (Å²) in [6.45, 7) is 2.36. The molecule has 1 rings (SSSR count). The van der Waals surface area contributed by atoms with Gasteiger partial charge in [0.05, 0.1) is 25.9 Å². The first-order valence-electron chi connectivity index (χ1n) is 3.41. The Morgan fingerprint density at radius 1 is 1.82 bits per heavy atom. The minimum atomic E-state index is -1.00. The Hall–Kier alpha value is -1.08. The summed E-state index contributed by atoms with van der Waals surface area (Å²) in [6, 6.07) is 1.90. The second kappa shape index (κ2) is 2.89. The molecular weight excluding hydrogens is 146 g/mol. The van der Waals surface area contributed by atoms with E-state index in [1.165, 1.54) is 0 Å². The quantitative estimate of drug-likeness (QED) is 0.530. The van der Waals surface area contributed by atoms with Gasteiger partial charge in [0.25, 0.3) is 0 Å². The van der Waals surface area contributed by atoms with E-state index in [1.54, 1.807) is 6.92 Å². The first-order chi connectivity index (χ1) is 5.25. The molecule has 0 aromatic rings. The van der Waals surface area contributed by atoms with Crippen LogP contribution in [0.4, 0.5) is 0 Å². The van der Waals surface area contributed by atoms with Gasteiger partial charge >= 0.3 is 5.97 Å². The number of ether oxygens (including phenoxy) is 2. The van der Waals surface area contributed by atoms with Crippen molar-refractivity contribution in [1.29, 1.82) is 5.26 Å². The van der Waals surface area contributed by atoms with Gasteiger partial charge in [-0.05, 0) is 6.92 Å². The van der Waals surface area contributed by atoms with Crippen LogP contribution in [-0.2, 0) is 14.3 Å². The Labute approximate surface area is 64.7 Å². The van der Waals surface area contributed by atoms with E-state index in [0.29, 0.717) is 6.61 Å². The minimum absolute atomic E-state index is 0.169. The van der Waals surface area contributed by atoms with Crippen LogP contribution in [0.3, 0.4) is 0 Å². The van der Waals surface area contributed by atoms with Crippen molar-refractivity contribution in [3.63, 3.8) is 0 Å². The van der Waals surface area contributed by atoms with Crippen molar-refractivity contribution in [3.05, 3.63) is 0 Å². The van der Waals surface area contributed by atoms with Gasteiger partial charge in [0.2, 0.25) is 5.41 Å². The normalized spacial score (nSPS) is 19.6. The highest BCUT2D eigenvalue weighted by Gasteiger charge is 2.48. The standard InChI is InChI=1S/C7H9NO3/c1-2-11-6(9)7(3-8)4-10-5-7/h2,4-5H2,1H3. The van der Waals surface area contributed by atoms with Crippen LogP contribution >= 0.6 is 0 Å². The van der Waals surface area contributed by atoms with Gasteiger partial charge < -0.3 is 9.47 Å². The summed E-state index contributed by atoms with van der Waals surface area (Å²) in [7, 11) is 0. The Morgan fingerprint density at radius 2 is 2.45 bits per heavy atom. The molecule has 1 heterocycles. The molecule has 0 amide bonds. The zero-order chi connectivity index (χ0) is 8.32. The van der Waals surface area contributed by atoms with E-state index in [9.17, 15) is 4.79 Å². The molecule has 1 aliphatic heterocycles. The van der Waals surface area contributed by atoms with Crippen LogP contribution in [0.2, 0.25) is 0 Å². The Balaban J connectivity index is 2.57. The lowest BCUT2D eigenvalue weighted by molar-refractivity contribution is -0.174. The van der Waals surface area contributed by atoms with E-state index in [4.69, 9.17) is 14.7 Å². The topological polar surface area (TPSA) is 59.3 Å². The van der Waals surface area contributed by atoms with Crippen LogP contribution in [0.5, 0.6) is 0 Å². The second-order valence-corrected chi connectivity index (χ2v) is 2.41. The van der Waals surface area contributed by atoms with Crippen LogP contribution in [0.25, 0.3) is 0 Å². The van der Waals surface area contributed by atoms with Crippen molar-refractivity contribution in [2.24, 2.45) is 5.41 Å². The van der Waals surface area contributed by atoms with Gasteiger partial charge in [-0.2, -0.15) is 5.26 Å². The van der Waals surface area contributed by atoms with E-state index in [2.05, 4.69) is 0 Å². The number of carbonyl (C=O) groups excluding carboxylic acids is 1. The Bertz CT molecular complexity index is 202. The van der Waals surface area contributed by atoms with Crippen molar-refractivity contribution >= 4 is 5.97 Å². The SMILES string of the molecule is CCOC(=O)C1(C#N)COC1. The fourth-order valence-corrected chi connectivity index (χ4v) is 0.803. The number of hydrogen-bond donors (Lipinski definition) is 0. The fourth-order valence-electron chi connectivity index (χ4n) is 0.803. The number of rotatable bonds is 2. The van der Waals surface area contributed by atoms with Crippen molar-refractivity contribution in [1.82, 2.24) is 0 Å². The van der Waals surface area contributed by atoms with Crippen molar-refractivity contribution < 1.29 is 14.3 Å². The number of nitriles is 1. The van der Waals surface area contributed by atoms with Crippen molar-refractivity contribution in [3.8, 4) is 6.07 Å². The van der Waals surface area contributed by atoms with Crippen molar-refractivity contribution in [2.75, 3.05) is 19.8 Å². The molecule has 1 fully saturated rings. The zero-order valence-electron chi connectivity index (χ0n) is 6.29. The summed E-state index contributed by atoms with van der Waals surface area (Å²) in [4.78, 5) is 11.1. The van der Waals surface area contributed by atoms with Crippen LogP contribution in [0.1, 0.15) is 6.92 Å². The van der Waals surface area contributed by atoms with E-state index in [1.807, 2.05) is 6.07 Å². The van der Waals surface area contributed by atoms with E-state index < -0.39 is 11.4 Å². The first-order valence-corrected chi connectivity index (χ1v) is 3.41. The summed E-state index contributed by atoms with van der Waals surface area (Å²) < 4.78 is 9.47. The number of esters is 1. The molecule has 0 aromatic heterocycles. The van der Waals surface area contributed by atoms with E-state index >= 15 is 0 Å². The van der Waals surface area contributed by atoms with Gasteiger partial charge in [-0.1, -0.05) is 0 Å². The molecule has 1 saturated heterocycles. The van der Waals surface area contributed by atoms with Crippen LogP contribution < -0.4 is 0 Å².